The van der Waals surface area contributed by atoms with Crippen LogP contribution in [0, 0.1) is 11.2 Å². The second-order valence-electron chi connectivity index (χ2n) is 10.3. The number of hydrogen-bond donors (Lipinski definition) is 2. The fourth-order valence-corrected chi connectivity index (χ4v) is 6.01. The number of fused-ring (bicyclic) bond motifs is 2. The molecular weight excluding hydrogens is 447 g/mol. The van der Waals surface area contributed by atoms with Crippen LogP contribution in [0.4, 0.5) is 4.39 Å². The van der Waals surface area contributed by atoms with E-state index in [1.807, 2.05) is 19.1 Å². The monoisotopic (exact) mass is 476 g/mol. The van der Waals surface area contributed by atoms with E-state index in [4.69, 9.17) is 9.72 Å². The molecule has 1 saturated heterocycles. The van der Waals surface area contributed by atoms with E-state index in [9.17, 15) is 14.3 Å². The van der Waals surface area contributed by atoms with E-state index < -0.39 is 11.4 Å². The molecule has 1 aliphatic heterocycles. The van der Waals surface area contributed by atoms with Crippen LogP contribution < -0.4 is 0 Å². The molecule has 0 radical (unpaired) electrons. The number of rotatable bonds is 4. The van der Waals surface area contributed by atoms with E-state index in [-0.39, 0.29) is 17.7 Å². The summed E-state index contributed by atoms with van der Waals surface area (Å²) in [5, 5.41) is 17.9. The third-order valence-corrected chi connectivity index (χ3v) is 8.13. The molecule has 35 heavy (non-hydrogen) atoms. The highest BCUT2D eigenvalue weighted by molar-refractivity contribution is 5.93. The average Bonchev–Trinajstić information content (AvgIpc) is 3.46. The molecule has 1 aliphatic carbocycles. The first-order valence-corrected chi connectivity index (χ1v) is 12.4. The molecular formula is C27H29FN4O3. The maximum atomic E-state index is 13.9. The van der Waals surface area contributed by atoms with Gasteiger partial charge in [-0.25, -0.2) is 9.37 Å². The van der Waals surface area contributed by atoms with Gasteiger partial charge in [0.2, 0.25) is 0 Å². The van der Waals surface area contributed by atoms with E-state index in [1.54, 1.807) is 6.20 Å². The van der Waals surface area contributed by atoms with Crippen molar-refractivity contribution in [1.82, 2.24) is 19.7 Å². The average molecular weight is 477 g/mol. The van der Waals surface area contributed by atoms with Gasteiger partial charge in [0.15, 0.2) is 5.65 Å². The minimum absolute atomic E-state index is 0.206. The number of hydrogen-bond acceptors (Lipinski definition) is 4. The molecule has 4 aromatic rings. The zero-order valence-electron chi connectivity index (χ0n) is 19.8. The molecule has 0 unspecified atom stereocenters. The van der Waals surface area contributed by atoms with Crippen molar-refractivity contribution in [1.29, 1.82) is 0 Å². The van der Waals surface area contributed by atoms with Crippen molar-refractivity contribution >= 4 is 28.0 Å². The molecule has 1 aromatic carbocycles. The van der Waals surface area contributed by atoms with Gasteiger partial charge in [0.05, 0.1) is 22.6 Å². The Bertz CT molecular complexity index is 1390. The molecule has 8 heteroatoms. The maximum absolute atomic E-state index is 13.9. The Hall–Kier alpha value is -3.26. The number of aliphatic carboxylic acids is 1. The van der Waals surface area contributed by atoms with Crippen LogP contribution in [0.1, 0.15) is 68.5 Å². The summed E-state index contributed by atoms with van der Waals surface area (Å²) < 4.78 is 21.8. The lowest BCUT2D eigenvalue weighted by Gasteiger charge is -2.35. The normalized spacial score (nSPS) is 23.8. The highest BCUT2D eigenvalue weighted by atomic mass is 19.1. The van der Waals surface area contributed by atoms with Gasteiger partial charge in [-0.1, -0.05) is 0 Å². The quantitative estimate of drug-likeness (QED) is 0.395. The Kier molecular flexibility index (Phi) is 5.36. The minimum atomic E-state index is -0.716. The summed E-state index contributed by atoms with van der Waals surface area (Å²) in [5.74, 6) is -0.500. The molecule has 6 rings (SSSR count). The summed E-state index contributed by atoms with van der Waals surface area (Å²) >= 11 is 0. The topological polar surface area (TPSA) is 93.0 Å². The second kappa shape index (κ2) is 8.45. The number of H-pyrrole nitrogens is 1. The van der Waals surface area contributed by atoms with Crippen LogP contribution in [0.25, 0.3) is 27.8 Å². The smallest absolute Gasteiger partial charge is 0.309 e. The molecule has 0 amide bonds. The van der Waals surface area contributed by atoms with Crippen molar-refractivity contribution in [3.63, 3.8) is 0 Å². The zero-order chi connectivity index (χ0) is 24.2. The number of pyridine rings is 1. The third kappa shape index (κ3) is 3.71. The van der Waals surface area contributed by atoms with Crippen LogP contribution in [0.2, 0.25) is 0 Å². The molecule has 0 spiro atoms. The zero-order valence-corrected chi connectivity index (χ0v) is 19.8. The number of aromatic amines is 1. The molecule has 2 N–H and O–H groups in total. The molecule has 2 fully saturated rings. The van der Waals surface area contributed by atoms with E-state index >= 15 is 0 Å². The van der Waals surface area contributed by atoms with Crippen LogP contribution in [0.5, 0.6) is 0 Å². The van der Waals surface area contributed by atoms with Gasteiger partial charge in [0.25, 0.3) is 0 Å². The van der Waals surface area contributed by atoms with Crippen molar-refractivity contribution in [2.45, 2.75) is 57.3 Å². The van der Waals surface area contributed by atoms with Crippen molar-refractivity contribution in [2.24, 2.45) is 5.41 Å². The number of carbonyl (C=O) groups is 1. The van der Waals surface area contributed by atoms with E-state index in [1.165, 1.54) is 23.4 Å². The van der Waals surface area contributed by atoms with Crippen molar-refractivity contribution in [3.8, 4) is 5.69 Å². The highest BCUT2D eigenvalue weighted by Gasteiger charge is 2.40. The lowest BCUT2D eigenvalue weighted by molar-refractivity contribution is -0.149. The van der Waals surface area contributed by atoms with Crippen LogP contribution in [0.15, 0.2) is 36.5 Å². The number of carboxylic acid groups (broad SMARTS) is 1. The van der Waals surface area contributed by atoms with Crippen LogP contribution in [-0.2, 0) is 9.53 Å². The summed E-state index contributed by atoms with van der Waals surface area (Å²) in [6, 6.07) is 8.75. The molecule has 4 heterocycles. The van der Waals surface area contributed by atoms with E-state index in [0.717, 1.165) is 53.4 Å². The van der Waals surface area contributed by atoms with Gasteiger partial charge >= 0.3 is 5.97 Å². The first kappa shape index (κ1) is 22.2. The number of aromatic nitrogens is 4. The van der Waals surface area contributed by atoms with Crippen molar-refractivity contribution in [3.05, 3.63) is 53.6 Å². The summed E-state index contributed by atoms with van der Waals surface area (Å²) in [4.78, 5) is 17.0. The predicted molar refractivity (Wildman–Crippen MR) is 130 cm³/mol. The number of nitrogens with one attached hydrogen (secondary N) is 1. The maximum Gasteiger partial charge on any atom is 0.309 e. The standard InChI is InChI=1S/C27H29FN4O3/c1-27(26(33)34)10-6-16(7-11-27)22-23-21(14-18-15-29-31-25(18)30-23)32(20-4-2-19(28)3-5-20)24(22)17-8-12-35-13-9-17/h2-5,14-17H,6-13H2,1H3,(H,33,34)(H,29,30,31). The summed E-state index contributed by atoms with van der Waals surface area (Å²) in [6.07, 6.45) is 6.45. The molecule has 0 atom stereocenters. The SMILES string of the molecule is CC1(C(=O)O)CCC(c2c(C3CCOCC3)n(-c3ccc(F)cc3)c3cc4cn[nH]c4nc23)CC1. The Morgan fingerprint density at radius 1 is 1.14 bits per heavy atom. The minimum Gasteiger partial charge on any atom is -0.481 e. The fraction of sp³-hybridized carbons (Fsp3) is 0.444. The molecule has 1 saturated carbocycles. The Morgan fingerprint density at radius 2 is 1.86 bits per heavy atom. The van der Waals surface area contributed by atoms with Crippen molar-refractivity contribution in [2.75, 3.05) is 13.2 Å². The lowest BCUT2D eigenvalue weighted by atomic mass is 9.69. The third-order valence-electron chi connectivity index (χ3n) is 8.13. The van der Waals surface area contributed by atoms with Gasteiger partial charge in [-0.3, -0.25) is 9.89 Å². The largest absolute Gasteiger partial charge is 0.481 e. The van der Waals surface area contributed by atoms with E-state index in [2.05, 4.69) is 20.8 Å². The van der Waals surface area contributed by atoms with Gasteiger partial charge in [-0.15, -0.1) is 0 Å². The molecule has 0 bridgehead atoms. The molecule has 182 valence electrons. The first-order chi connectivity index (χ1) is 16.9. The van der Waals surface area contributed by atoms with Crippen molar-refractivity contribution < 1.29 is 19.0 Å². The van der Waals surface area contributed by atoms with Gasteiger partial charge in [0.1, 0.15) is 5.82 Å². The summed E-state index contributed by atoms with van der Waals surface area (Å²) in [7, 11) is 0. The number of benzene rings is 1. The van der Waals surface area contributed by atoms with Crippen LogP contribution in [-0.4, -0.2) is 44.0 Å². The second-order valence-corrected chi connectivity index (χ2v) is 10.3. The molecule has 7 nitrogen and oxygen atoms in total. The lowest BCUT2D eigenvalue weighted by Crippen LogP contribution is -2.32. The van der Waals surface area contributed by atoms with Gasteiger partial charge in [-0.2, -0.15) is 5.10 Å². The predicted octanol–water partition coefficient (Wildman–Crippen LogP) is 5.68. The van der Waals surface area contributed by atoms with Gasteiger partial charge in [-0.05, 0) is 81.7 Å². The summed E-state index contributed by atoms with van der Waals surface area (Å²) in [5.41, 5.74) is 5.28. The Labute approximate surface area is 202 Å². The summed E-state index contributed by atoms with van der Waals surface area (Å²) in [6.45, 7) is 3.27. The molecule has 3 aromatic heterocycles. The Balaban J connectivity index is 1.60. The number of ether oxygens (including phenoxy) is 1. The van der Waals surface area contributed by atoms with Crippen LogP contribution in [0.3, 0.4) is 0 Å². The Morgan fingerprint density at radius 3 is 2.54 bits per heavy atom. The number of halogens is 1. The van der Waals surface area contributed by atoms with Gasteiger partial charge in [0, 0.05) is 41.5 Å². The van der Waals surface area contributed by atoms with Gasteiger partial charge < -0.3 is 14.4 Å². The first-order valence-electron chi connectivity index (χ1n) is 12.4. The van der Waals surface area contributed by atoms with E-state index in [0.29, 0.717) is 26.1 Å². The number of nitrogens with zero attached hydrogens (tertiary/aromatic N) is 3. The van der Waals surface area contributed by atoms with Crippen LogP contribution >= 0.6 is 0 Å². The number of carboxylic acids is 1. The molecule has 2 aliphatic rings. The fourth-order valence-electron chi connectivity index (χ4n) is 6.01. The highest BCUT2D eigenvalue weighted by Crippen LogP contribution is 2.49.